The quantitative estimate of drug-likeness (QED) is 0.286. The van der Waals surface area contributed by atoms with Crippen LogP contribution in [0.25, 0.3) is 0 Å². The number of rotatable bonds is 9. The van der Waals surface area contributed by atoms with Crippen LogP contribution in [0.4, 0.5) is 0 Å². The van der Waals surface area contributed by atoms with Gasteiger partial charge >= 0.3 is 5.97 Å². The number of nitrogens with zero attached hydrogens (tertiary/aromatic N) is 3. The summed E-state index contributed by atoms with van der Waals surface area (Å²) in [7, 11) is 0. The first-order valence-electron chi connectivity index (χ1n) is 10.2. The van der Waals surface area contributed by atoms with E-state index in [0.717, 1.165) is 0 Å². The lowest BCUT2D eigenvalue weighted by molar-refractivity contribution is 0.0480. The van der Waals surface area contributed by atoms with Gasteiger partial charge in [-0.25, -0.2) is 4.79 Å². The maximum absolute atomic E-state index is 12.5. The Labute approximate surface area is 183 Å². The minimum atomic E-state index is -0.523. The first-order valence-corrected chi connectivity index (χ1v) is 10.2. The number of unbranched alkanes of at least 4 members (excludes halogenated alkanes) is 1. The summed E-state index contributed by atoms with van der Waals surface area (Å²) in [5, 5.41) is 3.75. The van der Waals surface area contributed by atoms with Crippen molar-refractivity contribution in [1.82, 2.24) is 15.0 Å². The van der Waals surface area contributed by atoms with Crippen molar-refractivity contribution in [3.8, 4) is 5.75 Å². The van der Waals surface area contributed by atoms with E-state index in [-0.39, 0.29) is 37.1 Å². The number of benzene rings is 2. The van der Waals surface area contributed by atoms with Gasteiger partial charge in [-0.2, -0.15) is 4.98 Å². The van der Waals surface area contributed by atoms with Crippen molar-refractivity contribution in [3.63, 3.8) is 0 Å². The monoisotopic (exact) mass is 435 g/mol. The highest BCUT2D eigenvalue weighted by molar-refractivity contribution is 6.21. The maximum Gasteiger partial charge on any atom is 0.341 e. The van der Waals surface area contributed by atoms with Gasteiger partial charge in [-0.3, -0.25) is 14.5 Å². The second kappa shape index (κ2) is 9.42. The molecule has 4 rings (SSSR count). The predicted octanol–water partition coefficient (Wildman–Crippen LogP) is 3.19. The van der Waals surface area contributed by atoms with Crippen LogP contribution in [0.5, 0.6) is 5.75 Å². The van der Waals surface area contributed by atoms with Gasteiger partial charge in [0.2, 0.25) is 11.7 Å². The Bertz CT molecular complexity index is 1120. The third-order valence-electron chi connectivity index (χ3n) is 4.92. The molecular weight excluding hydrogens is 414 g/mol. The van der Waals surface area contributed by atoms with E-state index in [1.54, 1.807) is 55.5 Å². The lowest BCUT2D eigenvalue weighted by atomic mass is 10.1. The van der Waals surface area contributed by atoms with E-state index in [4.69, 9.17) is 14.0 Å². The van der Waals surface area contributed by atoms with Gasteiger partial charge < -0.3 is 14.0 Å². The summed E-state index contributed by atoms with van der Waals surface area (Å²) in [6.07, 6.45) is 1.03. The molecule has 0 fully saturated rings. The summed E-state index contributed by atoms with van der Waals surface area (Å²) in [4.78, 5) is 42.5. The molecule has 0 unspecified atom stereocenters. The molecule has 2 heterocycles. The van der Waals surface area contributed by atoms with Crippen LogP contribution in [0.3, 0.4) is 0 Å². The van der Waals surface area contributed by atoms with Gasteiger partial charge in [0.05, 0.1) is 17.7 Å². The van der Waals surface area contributed by atoms with E-state index in [9.17, 15) is 14.4 Å². The molecule has 3 aromatic rings. The summed E-state index contributed by atoms with van der Waals surface area (Å²) in [6, 6.07) is 13.5. The zero-order valence-electron chi connectivity index (χ0n) is 17.4. The highest BCUT2D eigenvalue weighted by Crippen LogP contribution is 2.23. The summed E-state index contributed by atoms with van der Waals surface area (Å²) >= 11 is 0. The minimum Gasteiger partial charge on any atom is -0.485 e. The fourth-order valence-corrected chi connectivity index (χ4v) is 3.36. The number of hydrogen-bond acceptors (Lipinski definition) is 8. The zero-order valence-corrected chi connectivity index (χ0v) is 17.4. The van der Waals surface area contributed by atoms with Crippen molar-refractivity contribution < 1.29 is 28.4 Å². The fourth-order valence-electron chi connectivity index (χ4n) is 3.36. The molecule has 0 saturated heterocycles. The lowest BCUT2D eigenvalue weighted by Crippen LogP contribution is -2.30. The van der Waals surface area contributed by atoms with Crippen molar-refractivity contribution in [3.05, 3.63) is 76.9 Å². The number of imide groups is 1. The molecule has 0 bridgehead atoms. The minimum absolute atomic E-state index is 0.0575. The Balaban J connectivity index is 1.24. The molecule has 164 valence electrons. The second-order valence-corrected chi connectivity index (χ2v) is 7.17. The van der Waals surface area contributed by atoms with E-state index in [2.05, 4.69) is 10.1 Å². The number of esters is 1. The topological polar surface area (TPSA) is 112 Å². The van der Waals surface area contributed by atoms with Gasteiger partial charge in [0.1, 0.15) is 11.3 Å². The molecule has 2 aromatic carbocycles. The molecule has 0 aliphatic carbocycles. The number of carbonyl (C=O) groups is 3. The molecule has 0 N–H and O–H groups in total. The van der Waals surface area contributed by atoms with Crippen LogP contribution in [0.1, 0.15) is 55.6 Å². The van der Waals surface area contributed by atoms with Crippen LogP contribution in [-0.4, -0.2) is 46.0 Å². The molecular formula is C23H21N3O6. The van der Waals surface area contributed by atoms with Crippen molar-refractivity contribution in [2.24, 2.45) is 0 Å². The normalized spacial score (nSPS) is 12.7. The molecule has 9 heteroatoms. The average Bonchev–Trinajstić information content (AvgIpc) is 3.33. The molecule has 9 nitrogen and oxygen atoms in total. The zero-order chi connectivity index (χ0) is 22.5. The van der Waals surface area contributed by atoms with Gasteiger partial charge in [0.15, 0.2) is 6.61 Å². The van der Waals surface area contributed by atoms with Gasteiger partial charge in [-0.15, -0.1) is 0 Å². The molecule has 1 aliphatic heterocycles. The van der Waals surface area contributed by atoms with Gasteiger partial charge in [0, 0.05) is 13.5 Å². The average molecular weight is 435 g/mol. The van der Waals surface area contributed by atoms with E-state index in [0.29, 0.717) is 41.4 Å². The Hall–Kier alpha value is -4.01. The van der Waals surface area contributed by atoms with Gasteiger partial charge in [-0.05, 0) is 37.1 Å². The van der Waals surface area contributed by atoms with E-state index >= 15 is 0 Å². The third-order valence-corrected chi connectivity index (χ3v) is 4.92. The standard InChI is InChI=1S/C23H21N3O6/c1-15-24-20(25-32-15)14-31-19-11-5-4-10-18(19)23(29)30-13-7-6-12-26-21(27)16-8-2-3-9-17(16)22(26)28/h2-5,8-11H,6-7,12-14H2,1H3. The first-order chi connectivity index (χ1) is 15.5. The third kappa shape index (κ3) is 4.51. The van der Waals surface area contributed by atoms with Gasteiger partial charge in [-0.1, -0.05) is 29.4 Å². The Morgan fingerprint density at radius 2 is 1.69 bits per heavy atom. The number of aryl methyl sites for hydroxylation is 1. The molecule has 32 heavy (non-hydrogen) atoms. The summed E-state index contributed by atoms with van der Waals surface area (Å²) < 4.78 is 15.9. The van der Waals surface area contributed by atoms with Crippen molar-refractivity contribution in [2.75, 3.05) is 13.2 Å². The van der Waals surface area contributed by atoms with Crippen LogP contribution in [0.2, 0.25) is 0 Å². The molecule has 0 radical (unpaired) electrons. The lowest BCUT2D eigenvalue weighted by Gasteiger charge is -2.14. The molecule has 0 spiro atoms. The van der Waals surface area contributed by atoms with Crippen LogP contribution >= 0.6 is 0 Å². The smallest absolute Gasteiger partial charge is 0.341 e. The van der Waals surface area contributed by atoms with Crippen LogP contribution < -0.4 is 4.74 Å². The molecule has 0 atom stereocenters. The van der Waals surface area contributed by atoms with Crippen LogP contribution in [0.15, 0.2) is 53.1 Å². The first kappa shape index (κ1) is 21.2. The van der Waals surface area contributed by atoms with Crippen LogP contribution in [0, 0.1) is 6.92 Å². The second-order valence-electron chi connectivity index (χ2n) is 7.17. The predicted molar refractivity (Wildman–Crippen MR) is 111 cm³/mol. The summed E-state index contributed by atoms with van der Waals surface area (Å²) in [6.45, 7) is 2.16. The van der Waals surface area contributed by atoms with Crippen molar-refractivity contribution >= 4 is 17.8 Å². The number of amides is 2. The number of ether oxygens (including phenoxy) is 2. The maximum atomic E-state index is 12.5. The highest BCUT2D eigenvalue weighted by atomic mass is 16.5. The summed E-state index contributed by atoms with van der Waals surface area (Å²) in [5.41, 5.74) is 1.14. The Kier molecular flexibility index (Phi) is 6.25. The van der Waals surface area contributed by atoms with Crippen molar-refractivity contribution in [1.29, 1.82) is 0 Å². The molecule has 1 aliphatic rings. The van der Waals surface area contributed by atoms with E-state index < -0.39 is 5.97 Å². The summed E-state index contributed by atoms with van der Waals surface area (Å²) in [5.74, 6) is 0.0591. The number of aromatic nitrogens is 2. The molecule has 0 saturated carbocycles. The van der Waals surface area contributed by atoms with Gasteiger partial charge in [0.25, 0.3) is 11.8 Å². The number of para-hydroxylation sites is 1. The Morgan fingerprint density at radius 1 is 1.00 bits per heavy atom. The fraction of sp³-hybridized carbons (Fsp3) is 0.261. The molecule has 1 aromatic heterocycles. The molecule has 2 amide bonds. The largest absolute Gasteiger partial charge is 0.485 e. The Morgan fingerprint density at radius 3 is 2.38 bits per heavy atom. The SMILES string of the molecule is Cc1nc(COc2ccccc2C(=O)OCCCCN2C(=O)c3ccccc3C2=O)no1. The van der Waals surface area contributed by atoms with Crippen molar-refractivity contribution in [2.45, 2.75) is 26.4 Å². The number of fused-ring (bicyclic) bond motifs is 1. The van der Waals surface area contributed by atoms with E-state index in [1.807, 2.05) is 0 Å². The number of carbonyl (C=O) groups excluding carboxylic acids is 3. The number of hydrogen-bond donors (Lipinski definition) is 0. The highest BCUT2D eigenvalue weighted by Gasteiger charge is 2.34. The van der Waals surface area contributed by atoms with Crippen LogP contribution in [-0.2, 0) is 11.3 Å². The van der Waals surface area contributed by atoms with E-state index in [1.165, 1.54) is 4.90 Å².